The number of anilines is 2. The van der Waals surface area contributed by atoms with Crippen LogP contribution < -0.4 is 10.2 Å². The van der Waals surface area contributed by atoms with Gasteiger partial charge in [-0.05, 0) is 56.9 Å². The van der Waals surface area contributed by atoms with Crippen molar-refractivity contribution in [1.82, 2.24) is 24.8 Å². The summed E-state index contributed by atoms with van der Waals surface area (Å²) in [4.78, 5) is 31.9. The van der Waals surface area contributed by atoms with Gasteiger partial charge in [0.2, 0.25) is 5.91 Å². The Morgan fingerprint density at radius 2 is 1.92 bits per heavy atom. The van der Waals surface area contributed by atoms with E-state index >= 15 is 0 Å². The third kappa shape index (κ3) is 7.69. The molecule has 11 nitrogen and oxygen atoms in total. The van der Waals surface area contributed by atoms with E-state index in [4.69, 9.17) is 4.74 Å². The van der Waals surface area contributed by atoms with Gasteiger partial charge in [0, 0.05) is 63.5 Å². The van der Waals surface area contributed by atoms with Gasteiger partial charge in [-0.25, -0.2) is 9.48 Å². The number of aliphatic hydroxyl groups is 1. The molecule has 2 N–H and O–H groups in total. The number of amides is 3. The van der Waals surface area contributed by atoms with Crippen LogP contribution >= 0.6 is 0 Å². The number of benzene rings is 1. The van der Waals surface area contributed by atoms with E-state index in [1.165, 1.54) is 24.9 Å². The lowest BCUT2D eigenvalue weighted by Crippen LogP contribution is -2.48. The zero-order valence-corrected chi connectivity index (χ0v) is 23.5. The number of rotatable bonds is 6. The van der Waals surface area contributed by atoms with Crippen molar-refractivity contribution in [3.63, 3.8) is 0 Å². The largest absolute Gasteiger partial charge is 0.394 e. The molecule has 4 rings (SSSR count). The van der Waals surface area contributed by atoms with Gasteiger partial charge in [0.05, 0.1) is 37.3 Å². The Balaban J connectivity index is 1.43. The zero-order chi connectivity index (χ0) is 27.8. The van der Waals surface area contributed by atoms with Crippen LogP contribution in [0, 0.1) is 5.92 Å². The second kappa shape index (κ2) is 13.7. The maximum atomic E-state index is 13.1. The standard InChI is InChI=1S/C28H43N7O4/c1-21-17-34(22(2)19-36)27(37)8-7-15-35-25(16-29-31-35)20-39-26(21)18-32(3)28(38)30-23-9-11-24(12-10-23)33-13-5-4-6-14-33/h9-12,16,21-22,26,36H,4-8,13-15,17-20H2,1-3H3,(H,30,38)/t21-,22-,26-/m0/s1. The summed E-state index contributed by atoms with van der Waals surface area (Å²) in [6.07, 6.45) is 6.04. The number of likely N-dealkylation sites (N-methyl/N-ethyl adjacent to an activating group) is 1. The first kappa shape index (κ1) is 28.8. The molecule has 2 aliphatic heterocycles. The minimum atomic E-state index is -0.355. The molecule has 0 aliphatic carbocycles. The lowest BCUT2D eigenvalue weighted by Gasteiger charge is -2.35. The summed E-state index contributed by atoms with van der Waals surface area (Å²) in [6.45, 7) is 7.52. The van der Waals surface area contributed by atoms with Crippen LogP contribution in [0.15, 0.2) is 30.5 Å². The van der Waals surface area contributed by atoms with Crippen molar-refractivity contribution in [3.05, 3.63) is 36.2 Å². The number of aliphatic hydroxyl groups excluding tert-OH is 1. The molecule has 11 heteroatoms. The maximum Gasteiger partial charge on any atom is 0.321 e. The highest BCUT2D eigenvalue weighted by Crippen LogP contribution is 2.23. The molecule has 2 aromatic rings. The van der Waals surface area contributed by atoms with Crippen LogP contribution in [0.1, 0.15) is 51.6 Å². The number of piperidine rings is 1. The number of hydrogen-bond acceptors (Lipinski definition) is 7. The van der Waals surface area contributed by atoms with Crippen LogP contribution in [0.3, 0.4) is 0 Å². The highest BCUT2D eigenvalue weighted by Gasteiger charge is 2.29. The molecule has 3 heterocycles. The van der Waals surface area contributed by atoms with E-state index < -0.39 is 0 Å². The van der Waals surface area contributed by atoms with Crippen molar-refractivity contribution in [1.29, 1.82) is 0 Å². The van der Waals surface area contributed by atoms with Gasteiger partial charge in [-0.15, -0.1) is 5.10 Å². The first-order valence-electron chi connectivity index (χ1n) is 14.1. The van der Waals surface area contributed by atoms with E-state index in [9.17, 15) is 14.7 Å². The van der Waals surface area contributed by atoms with Crippen molar-refractivity contribution in [2.45, 2.75) is 71.2 Å². The van der Waals surface area contributed by atoms with E-state index in [1.807, 2.05) is 26.0 Å². The van der Waals surface area contributed by atoms with Crippen LogP contribution in [0.4, 0.5) is 16.2 Å². The van der Waals surface area contributed by atoms with Crippen LogP contribution in [0.2, 0.25) is 0 Å². The average molecular weight is 542 g/mol. The van der Waals surface area contributed by atoms with E-state index in [0.717, 1.165) is 24.5 Å². The number of hydrogen-bond donors (Lipinski definition) is 2. The quantitative estimate of drug-likeness (QED) is 0.578. The Kier molecular flexibility index (Phi) is 10.2. The third-order valence-corrected chi connectivity index (χ3v) is 7.78. The second-order valence-electron chi connectivity index (χ2n) is 10.9. The number of nitrogens with one attached hydrogen (secondary N) is 1. The van der Waals surface area contributed by atoms with Gasteiger partial charge in [-0.2, -0.15) is 0 Å². The van der Waals surface area contributed by atoms with Crippen molar-refractivity contribution < 1.29 is 19.4 Å². The molecule has 0 saturated carbocycles. The number of aryl methyl sites for hydroxylation is 1. The Labute approximate surface area is 231 Å². The van der Waals surface area contributed by atoms with Crippen molar-refractivity contribution in [2.24, 2.45) is 5.92 Å². The molecule has 1 fully saturated rings. The first-order valence-corrected chi connectivity index (χ1v) is 14.1. The lowest BCUT2D eigenvalue weighted by molar-refractivity contribution is -0.136. The molecular formula is C28H43N7O4. The van der Waals surface area contributed by atoms with Crippen molar-refractivity contribution in [3.8, 4) is 0 Å². The summed E-state index contributed by atoms with van der Waals surface area (Å²) in [5.74, 6) is -0.103. The van der Waals surface area contributed by atoms with E-state index in [-0.39, 0.29) is 36.6 Å². The molecule has 0 spiro atoms. The summed E-state index contributed by atoms with van der Waals surface area (Å²) >= 11 is 0. The summed E-state index contributed by atoms with van der Waals surface area (Å²) in [5, 5.41) is 20.9. The molecule has 1 aromatic heterocycles. The first-order chi connectivity index (χ1) is 18.9. The van der Waals surface area contributed by atoms with E-state index in [1.54, 1.807) is 27.7 Å². The molecule has 214 valence electrons. The monoisotopic (exact) mass is 541 g/mol. The van der Waals surface area contributed by atoms with Gasteiger partial charge in [-0.1, -0.05) is 12.1 Å². The average Bonchev–Trinajstić information content (AvgIpc) is 3.40. The zero-order valence-electron chi connectivity index (χ0n) is 23.5. The molecule has 2 aliphatic rings. The lowest BCUT2D eigenvalue weighted by atomic mass is 10.0. The molecule has 1 aromatic carbocycles. The number of aromatic nitrogens is 3. The van der Waals surface area contributed by atoms with Gasteiger partial charge < -0.3 is 29.9 Å². The van der Waals surface area contributed by atoms with Crippen molar-refractivity contribution >= 4 is 23.3 Å². The fraction of sp³-hybridized carbons (Fsp3) is 0.643. The molecule has 39 heavy (non-hydrogen) atoms. The fourth-order valence-corrected chi connectivity index (χ4v) is 5.23. The Bertz CT molecular complexity index is 1070. The fourth-order valence-electron chi connectivity index (χ4n) is 5.23. The Morgan fingerprint density at radius 1 is 1.18 bits per heavy atom. The van der Waals surface area contributed by atoms with E-state index in [2.05, 4.69) is 32.7 Å². The van der Waals surface area contributed by atoms with Gasteiger partial charge >= 0.3 is 6.03 Å². The summed E-state index contributed by atoms with van der Waals surface area (Å²) in [7, 11) is 1.74. The van der Waals surface area contributed by atoms with Crippen LogP contribution in [-0.2, 0) is 22.7 Å². The van der Waals surface area contributed by atoms with Gasteiger partial charge in [0.1, 0.15) is 0 Å². The number of fused-ring (bicyclic) bond motifs is 1. The SMILES string of the molecule is C[C@H]1CN([C@@H](C)CO)C(=O)CCCn2nncc2CO[C@H]1CN(C)C(=O)Nc1ccc(N2CCCCC2)cc1. The maximum absolute atomic E-state index is 13.1. The molecule has 0 unspecified atom stereocenters. The molecule has 3 atom stereocenters. The molecule has 0 bridgehead atoms. The highest BCUT2D eigenvalue weighted by molar-refractivity contribution is 5.89. The summed E-state index contributed by atoms with van der Waals surface area (Å²) in [6, 6.07) is 7.47. The number of ether oxygens (including phenoxy) is 1. The predicted octanol–water partition coefficient (Wildman–Crippen LogP) is 2.96. The number of carbonyl (C=O) groups is 2. The van der Waals surface area contributed by atoms with Crippen molar-refractivity contribution in [2.75, 3.05) is 50.1 Å². The summed E-state index contributed by atoms with van der Waals surface area (Å²) in [5.41, 5.74) is 2.76. The highest BCUT2D eigenvalue weighted by atomic mass is 16.5. The van der Waals surface area contributed by atoms with Crippen LogP contribution in [0.25, 0.3) is 0 Å². The minimum absolute atomic E-state index is 0.0107. The topological polar surface area (TPSA) is 116 Å². The third-order valence-electron chi connectivity index (χ3n) is 7.78. The second-order valence-corrected chi connectivity index (χ2v) is 10.9. The summed E-state index contributed by atoms with van der Waals surface area (Å²) < 4.78 is 8.10. The molecule has 1 saturated heterocycles. The predicted molar refractivity (Wildman–Crippen MR) is 149 cm³/mol. The normalized spacial score (nSPS) is 21.9. The number of carbonyl (C=O) groups excluding carboxylic acids is 2. The minimum Gasteiger partial charge on any atom is -0.394 e. The molecule has 0 radical (unpaired) electrons. The van der Waals surface area contributed by atoms with Crippen LogP contribution in [0.5, 0.6) is 0 Å². The van der Waals surface area contributed by atoms with Gasteiger partial charge in [0.25, 0.3) is 0 Å². The molecule has 3 amide bonds. The van der Waals surface area contributed by atoms with Gasteiger partial charge in [-0.3, -0.25) is 4.79 Å². The Hall–Kier alpha value is -3.18. The smallest absolute Gasteiger partial charge is 0.321 e. The van der Waals surface area contributed by atoms with E-state index in [0.29, 0.717) is 39.1 Å². The number of nitrogens with zero attached hydrogens (tertiary/aromatic N) is 6. The Morgan fingerprint density at radius 3 is 2.64 bits per heavy atom. The molecular weight excluding hydrogens is 498 g/mol. The van der Waals surface area contributed by atoms with Crippen LogP contribution in [-0.4, -0.2) is 93.8 Å². The number of urea groups is 1. The van der Waals surface area contributed by atoms with Gasteiger partial charge in [0.15, 0.2) is 0 Å².